The average molecular weight is 304 g/mol. The summed E-state index contributed by atoms with van der Waals surface area (Å²) in [6, 6.07) is 0. The van der Waals surface area contributed by atoms with Crippen LogP contribution in [-0.2, 0) is 11.3 Å². The van der Waals surface area contributed by atoms with Gasteiger partial charge in [-0.25, -0.2) is 0 Å². The zero-order valence-electron chi connectivity index (χ0n) is 11.1. The second kappa shape index (κ2) is 4.97. The third-order valence-electron chi connectivity index (χ3n) is 3.96. The molecule has 9 heteroatoms. The molecule has 1 saturated carbocycles. The second-order valence-corrected chi connectivity index (χ2v) is 5.67. The molecule has 2 aliphatic rings. The van der Waals surface area contributed by atoms with E-state index in [1.165, 1.54) is 4.90 Å². The monoisotopic (exact) mass is 304 g/mol. The average Bonchev–Trinajstić information content (AvgIpc) is 2.96. The summed E-state index contributed by atoms with van der Waals surface area (Å²) in [5.41, 5.74) is 5.08. The van der Waals surface area contributed by atoms with Crippen molar-refractivity contribution in [3.05, 3.63) is 11.7 Å². The van der Waals surface area contributed by atoms with Crippen LogP contribution >= 0.6 is 0 Å². The Kier molecular flexibility index (Phi) is 3.39. The molecule has 116 valence electrons. The first-order chi connectivity index (χ1) is 9.84. The molecule has 6 nitrogen and oxygen atoms in total. The first kappa shape index (κ1) is 14.3. The molecule has 0 bridgehead atoms. The van der Waals surface area contributed by atoms with E-state index in [9.17, 15) is 18.0 Å². The number of alkyl halides is 3. The van der Waals surface area contributed by atoms with Crippen LogP contribution in [0.2, 0.25) is 0 Å². The van der Waals surface area contributed by atoms with Crippen LogP contribution in [0.15, 0.2) is 4.52 Å². The molecule has 1 saturated heterocycles. The summed E-state index contributed by atoms with van der Waals surface area (Å²) in [5.74, 6) is -2.69. The van der Waals surface area contributed by atoms with Gasteiger partial charge in [0.15, 0.2) is 5.82 Å². The van der Waals surface area contributed by atoms with E-state index in [0.29, 0.717) is 17.6 Å². The summed E-state index contributed by atoms with van der Waals surface area (Å²) in [7, 11) is 0. The quantitative estimate of drug-likeness (QED) is 0.898. The molecular formula is C12H15F3N4O2. The first-order valence-corrected chi connectivity index (χ1v) is 6.75. The lowest BCUT2D eigenvalue weighted by Gasteiger charge is -2.18. The number of nitrogens with two attached hydrogens (primary N) is 1. The Morgan fingerprint density at radius 3 is 2.62 bits per heavy atom. The summed E-state index contributed by atoms with van der Waals surface area (Å²) in [4.78, 5) is 16.9. The Bertz CT molecular complexity index is 541. The molecule has 2 atom stereocenters. The Balaban J connectivity index is 1.67. The van der Waals surface area contributed by atoms with Crippen molar-refractivity contribution in [3.8, 4) is 0 Å². The minimum atomic E-state index is -4.44. The fraction of sp³-hybridized carbons (Fsp3) is 0.750. The maximum absolute atomic E-state index is 12.9. The fourth-order valence-corrected chi connectivity index (χ4v) is 2.66. The number of likely N-dealkylation sites (tertiary alicyclic amines) is 1. The molecule has 1 aliphatic heterocycles. The van der Waals surface area contributed by atoms with E-state index in [1.807, 2.05) is 0 Å². The van der Waals surface area contributed by atoms with Crippen LogP contribution < -0.4 is 5.73 Å². The van der Waals surface area contributed by atoms with Crippen LogP contribution in [-0.4, -0.2) is 40.2 Å². The zero-order chi connectivity index (χ0) is 15.2. The zero-order valence-corrected chi connectivity index (χ0v) is 11.1. The maximum Gasteiger partial charge on any atom is 0.393 e. The van der Waals surface area contributed by atoms with Gasteiger partial charge in [-0.2, -0.15) is 18.2 Å². The highest BCUT2D eigenvalue weighted by Crippen LogP contribution is 2.40. The van der Waals surface area contributed by atoms with Crippen molar-refractivity contribution in [2.45, 2.75) is 31.5 Å². The van der Waals surface area contributed by atoms with Crippen LogP contribution in [0, 0.1) is 11.8 Å². The largest absolute Gasteiger partial charge is 0.393 e. The van der Waals surface area contributed by atoms with Gasteiger partial charge in [0, 0.05) is 19.0 Å². The van der Waals surface area contributed by atoms with Gasteiger partial charge >= 0.3 is 6.18 Å². The molecule has 1 aliphatic carbocycles. The number of carbonyl (C=O) groups excluding carboxylic acids is 1. The highest BCUT2D eigenvalue weighted by atomic mass is 19.4. The van der Waals surface area contributed by atoms with Crippen LogP contribution in [0.4, 0.5) is 13.2 Å². The first-order valence-electron chi connectivity index (χ1n) is 6.75. The van der Waals surface area contributed by atoms with Gasteiger partial charge in [-0.05, 0) is 12.8 Å². The molecule has 21 heavy (non-hydrogen) atoms. The SMILES string of the molecule is NC(=O)[C@@H]1CN(Cc2noc(C3CC3)n2)C[C@H]1C(F)(F)F. The Morgan fingerprint density at radius 2 is 2.10 bits per heavy atom. The minimum absolute atomic E-state index is 0.0349. The molecule has 3 rings (SSSR count). The molecule has 0 radical (unpaired) electrons. The predicted molar refractivity (Wildman–Crippen MR) is 63.8 cm³/mol. The molecule has 0 spiro atoms. The molecule has 0 unspecified atom stereocenters. The molecule has 0 aromatic carbocycles. The van der Waals surface area contributed by atoms with Gasteiger partial charge in [0.1, 0.15) is 0 Å². The molecular weight excluding hydrogens is 289 g/mol. The van der Waals surface area contributed by atoms with E-state index in [0.717, 1.165) is 12.8 Å². The van der Waals surface area contributed by atoms with Gasteiger partial charge in [0.2, 0.25) is 11.8 Å². The highest BCUT2D eigenvalue weighted by molar-refractivity contribution is 5.77. The summed E-state index contributed by atoms with van der Waals surface area (Å²) in [6.45, 7) is -0.177. The molecule has 1 aromatic rings. The second-order valence-electron chi connectivity index (χ2n) is 5.67. The van der Waals surface area contributed by atoms with Gasteiger partial charge in [-0.1, -0.05) is 5.16 Å². The number of rotatable bonds is 4. The molecule has 2 fully saturated rings. The smallest absolute Gasteiger partial charge is 0.369 e. The van der Waals surface area contributed by atoms with Crippen molar-refractivity contribution in [1.29, 1.82) is 0 Å². The van der Waals surface area contributed by atoms with Crippen molar-refractivity contribution in [3.63, 3.8) is 0 Å². The van der Waals surface area contributed by atoms with E-state index in [4.69, 9.17) is 10.3 Å². The van der Waals surface area contributed by atoms with E-state index in [1.54, 1.807) is 0 Å². The summed E-state index contributed by atoms with van der Waals surface area (Å²) in [6.07, 6.45) is -2.43. The van der Waals surface area contributed by atoms with Crippen LogP contribution in [0.5, 0.6) is 0 Å². The third kappa shape index (κ3) is 3.02. The third-order valence-corrected chi connectivity index (χ3v) is 3.96. The number of hydrogen-bond acceptors (Lipinski definition) is 5. The van der Waals surface area contributed by atoms with Crippen LogP contribution in [0.1, 0.15) is 30.5 Å². The van der Waals surface area contributed by atoms with Crippen molar-refractivity contribution in [2.24, 2.45) is 17.6 Å². The van der Waals surface area contributed by atoms with Gasteiger partial charge in [0.05, 0.1) is 18.4 Å². The van der Waals surface area contributed by atoms with Crippen molar-refractivity contribution in [2.75, 3.05) is 13.1 Å². The van der Waals surface area contributed by atoms with Crippen LogP contribution in [0.25, 0.3) is 0 Å². The minimum Gasteiger partial charge on any atom is -0.369 e. The molecule has 1 aromatic heterocycles. The van der Waals surface area contributed by atoms with Crippen LogP contribution in [0.3, 0.4) is 0 Å². The lowest BCUT2D eigenvalue weighted by Crippen LogP contribution is -2.37. The van der Waals surface area contributed by atoms with Gasteiger partial charge in [-0.15, -0.1) is 0 Å². The number of halogens is 3. The number of hydrogen-bond donors (Lipinski definition) is 1. The Morgan fingerprint density at radius 1 is 1.38 bits per heavy atom. The van der Waals surface area contributed by atoms with E-state index in [2.05, 4.69) is 10.1 Å². The molecule has 2 N–H and O–H groups in total. The van der Waals surface area contributed by atoms with Crippen molar-refractivity contribution < 1.29 is 22.5 Å². The number of primary amides is 1. The lowest BCUT2D eigenvalue weighted by atomic mass is 9.95. The summed E-state index contributed by atoms with van der Waals surface area (Å²) >= 11 is 0. The summed E-state index contributed by atoms with van der Waals surface area (Å²) in [5, 5.41) is 3.77. The molecule has 1 amide bonds. The standard InChI is InChI=1S/C12H15F3N4O2/c13-12(14,15)8-4-19(3-7(8)10(16)20)5-9-17-11(21-18-9)6-1-2-6/h6-8H,1-5H2,(H2,16,20)/t7-,8-/m1/s1. The van der Waals surface area contributed by atoms with E-state index < -0.39 is 23.9 Å². The number of nitrogens with zero attached hydrogens (tertiary/aromatic N) is 3. The fourth-order valence-electron chi connectivity index (χ4n) is 2.66. The highest BCUT2D eigenvalue weighted by Gasteiger charge is 2.51. The van der Waals surface area contributed by atoms with Gasteiger partial charge < -0.3 is 10.3 Å². The Labute approximate surface area is 118 Å². The van der Waals surface area contributed by atoms with Crippen molar-refractivity contribution in [1.82, 2.24) is 15.0 Å². The van der Waals surface area contributed by atoms with Crippen molar-refractivity contribution >= 4 is 5.91 Å². The Hall–Kier alpha value is -1.64. The van der Waals surface area contributed by atoms with Gasteiger partial charge in [0.25, 0.3) is 0 Å². The maximum atomic E-state index is 12.9. The summed E-state index contributed by atoms with van der Waals surface area (Å²) < 4.78 is 43.8. The molecule has 2 heterocycles. The van der Waals surface area contributed by atoms with E-state index >= 15 is 0 Å². The predicted octanol–water partition coefficient (Wildman–Crippen LogP) is 1.04. The number of aromatic nitrogens is 2. The normalized spacial score (nSPS) is 27.2. The lowest BCUT2D eigenvalue weighted by molar-refractivity contribution is -0.182. The number of amides is 1. The van der Waals surface area contributed by atoms with Gasteiger partial charge in [-0.3, -0.25) is 9.69 Å². The topological polar surface area (TPSA) is 85.3 Å². The number of carbonyl (C=O) groups is 1. The van der Waals surface area contributed by atoms with E-state index in [-0.39, 0.29) is 19.6 Å².